The average Bonchev–Trinajstić information content (AvgIpc) is 3.07. The summed E-state index contributed by atoms with van der Waals surface area (Å²) in [5.74, 6) is -0.417. The molecule has 1 aliphatic heterocycles. The summed E-state index contributed by atoms with van der Waals surface area (Å²) in [6.07, 6.45) is -3.02. The Morgan fingerprint density at radius 2 is 1.94 bits per heavy atom. The van der Waals surface area contributed by atoms with Crippen LogP contribution in [-0.4, -0.2) is 58.4 Å². The molecule has 1 saturated heterocycles. The van der Waals surface area contributed by atoms with Crippen molar-refractivity contribution < 1.29 is 26.7 Å². The van der Waals surface area contributed by atoms with E-state index in [1.807, 2.05) is 0 Å². The molecule has 0 amide bonds. The molecule has 3 aliphatic rings. The smallest absolute Gasteiger partial charge is 0.383 e. The number of nitrogens with two attached hydrogens (primary N) is 1. The van der Waals surface area contributed by atoms with Crippen LogP contribution in [0.5, 0.6) is 0 Å². The maximum Gasteiger partial charge on any atom is 0.419 e. The first kappa shape index (κ1) is 21.3. The van der Waals surface area contributed by atoms with Crippen molar-refractivity contribution in [2.45, 2.75) is 37.5 Å². The second kappa shape index (κ2) is 7.80. The van der Waals surface area contributed by atoms with Crippen molar-refractivity contribution in [1.82, 2.24) is 19.7 Å². The zero-order valence-corrected chi connectivity index (χ0v) is 17.0. The monoisotopic (exact) mass is 455 g/mol. The summed E-state index contributed by atoms with van der Waals surface area (Å²) in [4.78, 5) is 6.00. The molecule has 172 valence electrons. The summed E-state index contributed by atoms with van der Waals surface area (Å²) in [7, 11) is 0. The molecule has 3 atom stereocenters. The Labute approximate surface area is 180 Å². The summed E-state index contributed by atoms with van der Waals surface area (Å²) in [5, 5.41) is 4.21. The van der Waals surface area contributed by atoms with Crippen molar-refractivity contribution in [2.24, 2.45) is 5.92 Å². The quantitative estimate of drug-likeness (QED) is 0.552. The van der Waals surface area contributed by atoms with E-state index in [9.17, 15) is 22.0 Å². The molecule has 11 heteroatoms. The molecule has 5 rings (SSSR count). The minimum absolute atomic E-state index is 0.0314. The topological polar surface area (TPSA) is 69.2 Å². The number of fused-ring (bicyclic) bond motifs is 1. The normalized spacial score (nSPS) is 25.8. The highest BCUT2D eigenvalue weighted by Crippen LogP contribution is 2.60. The molecule has 2 N–H and O–H groups in total. The highest BCUT2D eigenvalue weighted by molar-refractivity contribution is 5.64. The average molecular weight is 455 g/mol. The van der Waals surface area contributed by atoms with Gasteiger partial charge >= 0.3 is 6.18 Å². The fourth-order valence-electron chi connectivity index (χ4n) is 4.87. The number of pyridine rings is 1. The number of aromatic nitrogens is 3. The van der Waals surface area contributed by atoms with Gasteiger partial charge in [-0.3, -0.25) is 9.58 Å². The number of alkyl halides is 5. The maximum atomic E-state index is 13.2. The lowest BCUT2D eigenvalue weighted by Crippen LogP contribution is -2.42. The second-order valence-corrected chi connectivity index (χ2v) is 8.38. The summed E-state index contributed by atoms with van der Waals surface area (Å²) in [5.41, 5.74) is 6.36. The molecule has 6 nitrogen and oxygen atoms in total. The number of halogens is 5. The van der Waals surface area contributed by atoms with Gasteiger partial charge in [0.1, 0.15) is 12.4 Å². The summed E-state index contributed by atoms with van der Waals surface area (Å²) in [6, 6.07) is 2.78. The largest absolute Gasteiger partial charge is 0.419 e. The van der Waals surface area contributed by atoms with Crippen LogP contribution in [0.25, 0.3) is 11.3 Å². The van der Waals surface area contributed by atoms with Gasteiger partial charge < -0.3 is 10.5 Å². The van der Waals surface area contributed by atoms with Gasteiger partial charge in [0, 0.05) is 42.5 Å². The van der Waals surface area contributed by atoms with Gasteiger partial charge in [-0.1, -0.05) is 11.6 Å². The van der Waals surface area contributed by atoms with Gasteiger partial charge in [0.25, 0.3) is 6.43 Å². The summed E-state index contributed by atoms with van der Waals surface area (Å²) in [6.45, 7) is 2.52. The van der Waals surface area contributed by atoms with Crippen molar-refractivity contribution in [1.29, 1.82) is 0 Å². The van der Waals surface area contributed by atoms with E-state index >= 15 is 0 Å². The van der Waals surface area contributed by atoms with Crippen LogP contribution in [-0.2, 0) is 17.5 Å². The highest BCUT2D eigenvalue weighted by Gasteiger charge is 2.52. The third kappa shape index (κ3) is 3.88. The van der Waals surface area contributed by atoms with E-state index in [0.717, 1.165) is 25.6 Å². The van der Waals surface area contributed by atoms with Crippen LogP contribution in [0.2, 0.25) is 0 Å². The van der Waals surface area contributed by atoms with Gasteiger partial charge in [0.15, 0.2) is 0 Å². The molecule has 3 unspecified atom stereocenters. The number of rotatable bonds is 5. The number of hydrogen-bond donors (Lipinski definition) is 1. The molecule has 2 aromatic rings. The lowest BCUT2D eigenvalue weighted by Gasteiger charge is -2.32. The fourth-order valence-corrected chi connectivity index (χ4v) is 4.87. The second-order valence-electron chi connectivity index (χ2n) is 8.38. The van der Waals surface area contributed by atoms with Gasteiger partial charge in [0.2, 0.25) is 0 Å². The molecule has 0 radical (unpaired) electrons. The lowest BCUT2D eigenvalue weighted by molar-refractivity contribution is -0.137. The number of allylic oxidation sites excluding steroid dienone is 1. The van der Waals surface area contributed by atoms with E-state index < -0.39 is 30.5 Å². The summed E-state index contributed by atoms with van der Waals surface area (Å²) >= 11 is 0. The number of hydrogen-bond acceptors (Lipinski definition) is 5. The molecule has 2 aliphatic carbocycles. The van der Waals surface area contributed by atoms with Gasteiger partial charge in [-0.2, -0.15) is 18.3 Å². The van der Waals surface area contributed by atoms with E-state index in [2.05, 4.69) is 21.1 Å². The molecule has 0 aromatic carbocycles. The summed E-state index contributed by atoms with van der Waals surface area (Å²) < 4.78 is 72.7. The maximum absolute atomic E-state index is 13.2. The van der Waals surface area contributed by atoms with Crippen LogP contribution >= 0.6 is 0 Å². The molecule has 2 aromatic heterocycles. The predicted molar refractivity (Wildman–Crippen MR) is 106 cm³/mol. The Morgan fingerprint density at radius 3 is 2.56 bits per heavy atom. The molecule has 0 spiro atoms. The van der Waals surface area contributed by atoms with Gasteiger partial charge in [-0.25, -0.2) is 13.8 Å². The molecular formula is C21H22F5N5O. The number of morpholine rings is 1. The third-order valence-electron chi connectivity index (χ3n) is 6.44. The third-order valence-corrected chi connectivity index (χ3v) is 6.44. The number of nitrogens with zero attached hydrogens (tertiary/aromatic N) is 4. The minimum Gasteiger partial charge on any atom is -0.383 e. The first-order valence-electron chi connectivity index (χ1n) is 10.4. The molecule has 0 bridgehead atoms. The van der Waals surface area contributed by atoms with Crippen molar-refractivity contribution in [3.63, 3.8) is 0 Å². The number of anilines is 1. The Bertz CT molecular complexity index is 1040. The van der Waals surface area contributed by atoms with E-state index in [1.54, 1.807) is 6.07 Å². The molecular weight excluding hydrogens is 433 g/mol. The first-order chi connectivity index (χ1) is 15.2. The SMILES string of the molecule is Nc1ncc(-c2cc(C3C4=CC(N5CCOCC5)CC43)n(CC(F)F)n2)cc1C(F)(F)F. The Morgan fingerprint density at radius 1 is 1.19 bits per heavy atom. The van der Waals surface area contributed by atoms with Crippen molar-refractivity contribution >= 4 is 5.82 Å². The van der Waals surface area contributed by atoms with Crippen LogP contribution in [0.15, 0.2) is 30.0 Å². The fraction of sp³-hybridized carbons (Fsp3) is 0.524. The predicted octanol–water partition coefficient (Wildman–Crippen LogP) is 3.56. The minimum atomic E-state index is -4.67. The van der Waals surface area contributed by atoms with Crippen molar-refractivity contribution in [2.75, 3.05) is 32.0 Å². The van der Waals surface area contributed by atoms with Crippen molar-refractivity contribution in [3.8, 4) is 11.3 Å². The van der Waals surface area contributed by atoms with Crippen LogP contribution in [0.3, 0.4) is 0 Å². The Kier molecular flexibility index (Phi) is 5.20. The van der Waals surface area contributed by atoms with Crippen LogP contribution in [0, 0.1) is 5.92 Å². The van der Waals surface area contributed by atoms with Crippen LogP contribution in [0.4, 0.5) is 27.8 Å². The van der Waals surface area contributed by atoms with Crippen LogP contribution < -0.4 is 5.73 Å². The number of nitrogen functional groups attached to an aromatic ring is 1. The first-order valence-corrected chi connectivity index (χ1v) is 10.4. The van der Waals surface area contributed by atoms with Gasteiger partial charge in [-0.05, 0) is 24.5 Å². The van der Waals surface area contributed by atoms with E-state index in [1.165, 1.54) is 16.5 Å². The van der Waals surface area contributed by atoms with Crippen molar-refractivity contribution in [3.05, 3.63) is 41.2 Å². The lowest BCUT2D eigenvalue weighted by atomic mass is 10.1. The zero-order valence-electron chi connectivity index (χ0n) is 17.0. The Balaban J connectivity index is 1.44. The molecule has 32 heavy (non-hydrogen) atoms. The standard InChI is InChI=1S/C21H22F5N5O/c22-18(23)10-31-17(19-13-6-12(7-14(13)19)30-1-3-32-4-2-30)8-16(29-31)11-5-15(21(24,25)26)20(27)28-9-11/h5-6,8-9,12,14,18-19H,1-4,7,10H2,(H2,27,28). The van der Waals surface area contributed by atoms with Gasteiger partial charge in [-0.15, -0.1) is 0 Å². The van der Waals surface area contributed by atoms with Gasteiger partial charge in [0.05, 0.1) is 24.5 Å². The van der Waals surface area contributed by atoms with E-state index in [-0.39, 0.29) is 23.1 Å². The molecule has 1 saturated carbocycles. The zero-order chi connectivity index (χ0) is 22.6. The molecule has 2 fully saturated rings. The Hall–Kier alpha value is -2.53. The number of ether oxygens (including phenoxy) is 1. The van der Waals surface area contributed by atoms with E-state index in [4.69, 9.17) is 10.5 Å². The van der Waals surface area contributed by atoms with E-state index in [0.29, 0.717) is 24.9 Å². The van der Waals surface area contributed by atoms with Crippen LogP contribution in [0.1, 0.15) is 23.6 Å². The highest BCUT2D eigenvalue weighted by atomic mass is 19.4. The molecule has 3 heterocycles.